The Morgan fingerprint density at radius 3 is 2.94 bits per heavy atom. The number of hydrogen-bond donors (Lipinski definition) is 1. The number of nitrogen functional groups attached to an aromatic ring is 1. The molecule has 0 amide bonds. The minimum atomic E-state index is 0.584. The molecule has 0 saturated heterocycles. The van der Waals surface area contributed by atoms with Crippen LogP contribution in [0.25, 0.3) is 11.5 Å². The smallest absolute Gasteiger partial charge is 0.180 e. The fraction of sp³-hybridized carbons (Fsp3) is 0.462. The Kier molecular flexibility index (Phi) is 1.98. The van der Waals surface area contributed by atoms with Crippen LogP contribution in [0, 0.1) is 0 Å². The second kappa shape index (κ2) is 3.54. The second-order valence-electron chi connectivity index (χ2n) is 5.13. The average Bonchev–Trinajstić information content (AvgIpc) is 2.92. The molecule has 2 aromatic heterocycles. The van der Waals surface area contributed by atoms with E-state index < -0.39 is 0 Å². The van der Waals surface area contributed by atoms with Gasteiger partial charge in [0.1, 0.15) is 11.5 Å². The molecule has 2 aromatic rings. The molecule has 0 aliphatic heterocycles. The number of fused-ring (bicyclic) bond motifs is 1. The van der Waals surface area contributed by atoms with Gasteiger partial charge in [-0.2, -0.15) is 0 Å². The van der Waals surface area contributed by atoms with Crippen LogP contribution in [0.2, 0.25) is 0 Å². The molecule has 1 fully saturated rings. The first-order valence-corrected chi connectivity index (χ1v) is 6.50. The van der Waals surface area contributed by atoms with Gasteiger partial charge in [-0.05, 0) is 32.1 Å². The number of rotatable bonds is 2. The zero-order chi connectivity index (χ0) is 12.1. The molecule has 92 valence electrons. The van der Waals surface area contributed by atoms with Crippen LogP contribution in [0.3, 0.4) is 0 Å². The van der Waals surface area contributed by atoms with Crippen LogP contribution in [0.15, 0.2) is 12.5 Å². The Morgan fingerprint density at radius 2 is 2.11 bits per heavy atom. The lowest BCUT2D eigenvalue weighted by Gasteiger charge is -2.08. The van der Waals surface area contributed by atoms with Gasteiger partial charge in [-0.15, -0.1) is 0 Å². The molecular formula is C13H15N5. The van der Waals surface area contributed by atoms with Crippen LogP contribution in [-0.4, -0.2) is 19.5 Å². The quantitative estimate of drug-likeness (QED) is 0.869. The van der Waals surface area contributed by atoms with E-state index in [1.165, 1.54) is 12.8 Å². The second-order valence-corrected chi connectivity index (χ2v) is 5.13. The molecule has 5 heteroatoms. The standard InChI is InChI=1S/C13H15N5/c14-12-9-2-1-3-10(9)16-13(17-12)11-6-15-7-18(11)8-4-5-8/h6-8H,1-5H2,(H2,14,16,17). The lowest BCUT2D eigenvalue weighted by molar-refractivity contribution is 0.742. The maximum absolute atomic E-state index is 6.04. The molecule has 0 radical (unpaired) electrons. The Hall–Kier alpha value is -1.91. The first-order chi connectivity index (χ1) is 8.83. The van der Waals surface area contributed by atoms with Gasteiger partial charge in [0.25, 0.3) is 0 Å². The Balaban J connectivity index is 1.84. The summed E-state index contributed by atoms with van der Waals surface area (Å²) in [4.78, 5) is 13.4. The van der Waals surface area contributed by atoms with Gasteiger partial charge in [0, 0.05) is 17.3 Å². The maximum atomic E-state index is 6.04. The molecule has 2 aliphatic rings. The fourth-order valence-corrected chi connectivity index (χ4v) is 2.70. The maximum Gasteiger partial charge on any atom is 0.180 e. The molecule has 4 rings (SSSR count). The van der Waals surface area contributed by atoms with Crippen molar-refractivity contribution in [2.75, 3.05) is 5.73 Å². The fourth-order valence-electron chi connectivity index (χ4n) is 2.70. The molecule has 0 aromatic carbocycles. The summed E-state index contributed by atoms with van der Waals surface area (Å²) in [6, 6.07) is 0.584. The number of hydrogen-bond acceptors (Lipinski definition) is 4. The van der Waals surface area contributed by atoms with E-state index in [-0.39, 0.29) is 0 Å². The van der Waals surface area contributed by atoms with Gasteiger partial charge < -0.3 is 10.3 Å². The summed E-state index contributed by atoms with van der Waals surface area (Å²) in [6.07, 6.45) is 9.34. The third kappa shape index (κ3) is 1.43. The van der Waals surface area contributed by atoms with Crippen molar-refractivity contribution in [3.05, 3.63) is 23.8 Å². The molecule has 0 atom stereocenters. The average molecular weight is 241 g/mol. The molecule has 0 spiro atoms. The topological polar surface area (TPSA) is 69.6 Å². The molecule has 1 saturated carbocycles. The summed E-state index contributed by atoms with van der Waals surface area (Å²) in [5, 5.41) is 0. The minimum absolute atomic E-state index is 0.584. The largest absolute Gasteiger partial charge is 0.383 e. The highest BCUT2D eigenvalue weighted by Crippen LogP contribution is 2.38. The van der Waals surface area contributed by atoms with Gasteiger partial charge in [-0.3, -0.25) is 0 Å². The van der Waals surface area contributed by atoms with Crippen molar-refractivity contribution in [1.82, 2.24) is 19.5 Å². The lowest BCUT2D eigenvalue weighted by atomic mass is 10.2. The van der Waals surface area contributed by atoms with Gasteiger partial charge in [0.15, 0.2) is 5.82 Å². The van der Waals surface area contributed by atoms with E-state index in [9.17, 15) is 0 Å². The summed E-state index contributed by atoms with van der Waals surface area (Å²) >= 11 is 0. The Bertz CT molecular complexity index is 612. The number of anilines is 1. The van der Waals surface area contributed by atoms with Gasteiger partial charge in [0.2, 0.25) is 0 Å². The van der Waals surface area contributed by atoms with E-state index in [4.69, 9.17) is 5.73 Å². The number of aryl methyl sites for hydroxylation is 1. The first-order valence-electron chi connectivity index (χ1n) is 6.50. The van der Waals surface area contributed by atoms with E-state index in [2.05, 4.69) is 19.5 Å². The molecule has 2 heterocycles. The van der Waals surface area contributed by atoms with Crippen LogP contribution >= 0.6 is 0 Å². The predicted molar refractivity (Wildman–Crippen MR) is 68.0 cm³/mol. The minimum Gasteiger partial charge on any atom is -0.383 e. The normalized spacial score (nSPS) is 18.0. The van der Waals surface area contributed by atoms with E-state index >= 15 is 0 Å². The van der Waals surface area contributed by atoms with Crippen molar-refractivity contribution in [2.45, 2.75) is 38.1 Å². The van der Waals surface area contributed by atoms with Crippen molar-refractivity contribution in [3.8, 4) is 11.5 Å². The summed E-state index contributed by atoms with van der Waals surface area (Å²) in [6.45, 7) is 0. The molecule has 5 nitrogen and oxygen atoms in total. The zero-order valence-corrected chi connectivity index (χ0v) is 10.1. The molecule has 18 heavy (non-hydrogen) atoms. The number of imidazole rings is 1. The molecule has 2 N–H and O–H groups in total. The zero-order valence-electron chi connectivity index (χ0n) is 10.1. The molecule has 0 bridgehead atoms. The third-order valence-corrected chi connectivity index (χ3v) is 3.80. The van der Waals surface area contributed by atoms with Crippen LogP contribution in [0.4, 0.5) is 5.82 Å². The van der Waals surface area contributed by atoms with Crippen LogP contribution < -0.4 is 5.73 Å². The highest BCUT2D eigenvalue weighted by atomic mass is 15.1. The van der Waals surface area contributed by atoms with Gasteiger partial charge >= 0.3 is 0 Å². The van der Waals surface area contributed by atoms with Crippen LogP contribution in [0.5, 0.6) is 0 Å². The van der Waals surface area contributed by atoms with Crippen LogP contribution in [-0.2, 0) is 12.8 Å². The Morgan fingerprint density at radius 1 is 1.22 bits per heavy atom. The van der Waals surface area contributed by atoms with E-state index in [0.717, 1.165) is 42.0 Å². The SMILES string of the molecule is Nc1nc(-c2cncn2C2CC2)nc2c1CCC2. The van der Waals surface area contributed by atoms with Gasteiger partial charge in [0.05, 0.1) is 12.5 Å². The summed E-state index contributed by atoms with van der Waals surface area (Å²) in [7, 11) is 0. The van der Waals surface area contributed by atoms with Crippen molar-refractivity contribution in [2.24, 2.45) is 0 Å². The van der Waals surface area contributed by atoms with Crippen molar-refractivity contribution < 1.29 is 0 Å². The van der Waals surface area contributed by atoms with E-state index in [1.54, 1.807) is 0 Å². The number of nitrogens with two attached hydrogens (primary N) is 1. The van der Waals surface area contributed by atoms with E-state index in [0.29, 0.717) is 11.9 Å². The summed E-state index contributed by atoms with van der Waals surface area (Å²) in [5.74, 6) is 1.38. The molecular weight excluding hydrogens is 226 g/mol. The van der Waals surface area contributed by atoms with Crippen molar-refractivity contribution in [1.29, 1.82) is 0 Å². The van der Waals surface area contributed by atoms with Crippen molar-refractivity contribution >= 4 is 5.82 Å². The molecule has 0 unspecified atom stereocenters. The first kappa shape index (κ1) is 10.1. The predicted octanol–water partition coefficient (Wildman–Crippen LogP) is 1.75. The monoisotopic (exact) mass is 241 g/mol. The van der Waals surface area contributed by atoms with Gasteiger partial charge in [-0.1, -0.05) is 0 Å². The third-order valence-electron chi connectivity index (χ3n) is 3.80. The number of nitrogens with zero attached hydrogens (tertiary/aromatic N) is 4. The Labute approximate surface area is 105 Å². The van der Waals surface area contributed by atoms with Gasteiger partial charge in [-0.25, -0.2) is 15.0 Å². The highest BCUT2D eigenvalue weighted by Gasteiger charge is 2.27. The van der Waals surface area contributed by atoms with Crippen LogP contribution in [0.1, 0.15) is 36.6 Å². The van der Waals surface area contributed by atoms with E-state index in [1.807, 2.05) is 12.5 Å². The van der Waals surface area contributed by atoms with Crippen molar-refractivity contribution in [3.63, 3.8) is 0 Å². The summed E-state index contributed by atoms with van der Waals surface area (Å²) < 4.78 is 2.18. The lowest BCUT2D eigenvalue weighted by Crippen LogP contribution is -2.05. The molecule has 2 aliphatic carbocycles. The highest BCUT2D eigenvalue weighted by molar-refractivity contribution is 5.56. The summed E-state index contributed by atoms with van der Waals surface area (Å²) in [5.41, 5.74) is 9.31. The number of aromatic nitrogens is 4.